The monoisotopic (exact) mass is 293 g/mol. The van der Waals surface area contributed by atoms with Crippen molar-refractivity contribution in [2.75, 3.05) is 0 Å². The zero-order valence-electron chi connectivity index (χ0n) is 11.3. The smallest absolute Gasteiger partial charge is 0.349 e. The summed E-state index contributed by atoms with van der Waals surface area (Å²) in [6, 6.07) is 9.88. The standard InChI is InChI=1S/C15H19NO3S/c1-12(10-11-13-6-3-2-4-7-13)14(17)8-5-9-15(18)19-16-20/h2-7,9-12,14,16-17,20H,8H2,1H3/t12-,14+/m1/s1. The molecule has 0 spiro atoms. The fourth-order valence-electron chi connectivity index (χ4n) is 1.55. The van der Waals surface area contributed by atoms with E-state index in [9.17, 15) is 9.90 Å². The van der Waals surface area contributed by atoms with Crippen LogP contribution in [0.25, 0.3) is 6.08 Å². The van der Waals surface area contributed by atoms with Gasteiger partial charge in [0.2, 0.25) is 0 Å². The molecule has 0 radical (unpaired) electrons. The van der Waals surface area contributed by atoms with Gasteiger partial charge in [-0.15, -0.1) is 0 Å². The molecule has 108 valence electrons. The molecule has 5 heteroatoms. The highest BCUT2D eigenvalue weighted by molar-refractivity contribution is 7.77. The summed E-state index contributed by atoms with van der Waals surface area (Å²) in [4.78, 5) is 17.4. The van der Waals surface area contributed by atoms with Gasteiger partial charge in [0.15, 0.2) is 0 Å². The van der Waals surface area contributed by atoms with Crippen LogP contribution in [0.2, 0.25) is 0 Å². The molecule has 0 amide bonds. The Morgan fingerprint density at radius 2 is 2.15 bits per heavy atom. The average molecular weight is 293 g/mol. The number of hydrogen-bond acceptors (Lipinski definition) is 5. The van der Waals surface area contributed by atoms with Gasteiger partial charge in [-0.1, -0.05) is 73.2 Å². The van der Waals surface area contributed by atoms with Crippen LogP contribution in [0.1, 0.15) is 18.9 Å². The molecule has 0 aromatic heterocycles. The highest BCUT2D eigenvalue weighted by atomic mass is 32.1. The van der Waals surface area contributed by atoms with Gasteiger partial charge >= 0.3 is 5.97 Å². The lowest BCUT2D eigenvalue weighted by atomic mass is 10.00. The van der Waals surface area contributed by atoms with E-state index < -0.39 is 12.1 Å². The van der Waals surface area contributed by atoms with Gasteiger partial charge in [-0.2, -0.15) is 0 Å². The highest BCUT2D eigenvalue weighted by Gasteiger charge is 2.09. The van der Waals surface area contributed by atoms with Crippen LogP contribution in [0.3, 0.4) is 0 Å². The summed E-state index contributed by atoms with van der Waals surface area (Å²) in [6.07, 6.45) is 6.56. The lowest BCUT2D eigenvalue weighted by Gasteiger charge is -2.13. The second-order valence-electron chi connectivity index (χ2n) is 4.35. The van der Waals surface area contributed by atoms with E-state index in [1.54, 1.807) is 6.08 Å². The SMILES string of the molecule is C[C@H](C=Cc1ccccc1)[C@@H](O)CC=CC(=O)ONS. The van der Waals surface area contributed by atoms with Crippen LogP contribution in [0.5, 0.6) is 0 Å². The molecule has 1 rings (SSSR count). The molecule has 1 aromatic rings. The summed E-state index contributed by atoms with van der Waals surface area (Å²) in [5, 5.41) is 9.95. The molecule has 0 bridgehead atoms. The number of nitrogens with one attached hydrogen (secondary N) is 1. The molecule has 0 aliphatic heterocycles. The van der Waals surface area contributed by atoms with Gasteiger partial charge in [-0.25, -0.2) is 4.79 Å². The Morgan fingerprint density at radius 1 is 1.45 bits per heavy atom. The zero-order chi connectivity index (χ0) is 14.8. The first-order valence-electron chi connectivity index (χ1n) is 6.31. The molecule has 1 aromatic carbocycles. The quantitative estimate of drug-likeness (QED) is 0.411. The van der Waals surface area contributed by atoms with E-state index in [1.807, 2.05) is 54.3 Å². The van der Waals surface area contributed by atoms with Gasteiger partial charge in [0.1, 0.15) is 0 Å². The van der Waals surface area contributed by atoms with Crippen LogP contribution in [0.15, 0.2) is 48.6 Å². The Kier molecular flexibility index (Phi) is 7.72. The Bertz CT molecular complexity index is 459. The number of aliphatic hydroxyl groups is 1. The molecule has 2 atom stereocenters. The number of carbonyl (C=O) groups is 1. The fraction of sp³-hybridized carbons (Fsp3) is 0.267. The normalized spacial score (nSPS) is 14.6. The minimum atomic E-state index is -0.556. The molecule has 0 fully saturated rings. The van der Waals surface area contributed by atoms with Crippen molar-refractivity contribution in [2.24, 2.45) is 5.92 Å². The molecular weight excluding hydrogens is 274 g/mol. The Morgan fingerprint density at radius 3 is 2.80 bits per heavy atom. The number of thiol groups is 1. The summed E-state index contributed by atoms with van der Waals surface area (Å²) in [6.45, 7) is 1.92. The van der Waals surface area contributed by atoms with Crippen molar-refractivity contribution in [3.8, 4) is 0 Å². The number of aliphatic hydroxyl groups excluding tert-OH is 1. The van der Waals surface area contributed by atoms with Crippen molar-refractivity contribution >= 4 is 24.9 Å². The molecule has 0 saturated heterocycles. The van der Waals surface area contributed by atoms with Crippen molar-refractivity contribution in [3.05, 3.63) is 54.1 Å². The molecule has 4 nitrogen and oxygen atoms in total. The maximum Gasteiger partial charge on any atom is 0.349 e. The van der Waals surface area contributed by atoms with E-state index in [-0.39, 0.29) is 5.92 Å². The van der Waals surface area contributed by atoms with Crippen molar-refractivity contribution in [1.29, 1.82) is 0 Å². The zero-order valence-corrected chi connectivity index (χ0v) is 12.2. The van der Waals surface area contributed by atoms with Crippen LogP contribution in [-0.2, 0) is 9.63 Å². The molecule has 0 unspecified atom stereocenters. The number of hydrogen-bond donors (Lipinski definition) is 3. The largest absolute Gasteiger partial charge is 0.392 e. The van der Waals surface area contributed by atoms with Crippen molar-refractivity contribution in [2.45, 2.75) is 19.4 Å². The summed E-state index contributed by atoms with van der Waals surface area (Å²) in [7, 11) is 0. The molecule has 0 aliphatic rings. The summed E-state index contributed by atoms with van der Waals surface area (Å²) >= 11 is 3.53. The van der Waals surface area contributed by atoms with E-state index in [2.05, 4.69) is 17.7 Å². The van der Waals surface area contributed by atoms with Gasteiger partial charge in [0.25, 0.3) is 0 Å². The molecular formula is C15H19NO3S. The molecule has 2 N–H and O–H groups in total. The van der Waals surface area contributed by atoms with E-state index in [4.69, 9.17) is 0 Å². The Labute approximate surface area is 124 Å². The highest BCUT2D eigenvalue weighted by Crippen LogP contribution is 2.12. The van der Waals surface area contributed by atoms with Crippen LogP contribution in [0, 0.1) is 5.92 Å². The molecule has 0 heterocycles. The number of benzene rings is 1. The predicted molar refractivity (Wildman–Crippen MR) is 82.6 cm³/mol. The first kappa shape index (κ1) is 16.5. The first-order valence-corrected chi connectivity index (χ1v) is 6.76. The lowest BCUT2D eigenvalue weighted by molar-refractivity contribution is -0.140. The Hall–Kier alpha value is -1.56. The van der Waals surface area contributed by atoms with Gasteiger partial charge < -0.3 is 9.94 Å². The van der Waals surface area contributed by atoms with Crippen LogP contribution < -0.4 is 4.89 Å². The van der Waals surface area contributed by atoms with E-state index in [1.165, 1.54) is 6.08 Å². The van der Waals surface area contributed by atoms with Crippen molar-refractivity contribution in [1.82, 2.24) is 4.89 Å². The second-order valence-corrected chi connectivity index (χ2v) is 4.53. The Balaban J connectivity index is 2.41. The topological polar surface area (TPSA) is 58.6 Å². The van der Waals surface area contributed by atoms with Crippen LogP contribution >= 0.6 is 12.8 Å². The van der Waals surface area contributed by atoms with Crippen molar-refractivity contribution in [3.63, 3.8) is 0 Å². The third-order valence-corrected chi connectivity index (χ3v) is 2.87. The molecule has 20 heavy (non-hydrogen) atoms. The van der Waals surface area contributed by atoms with E-state index in [0.717, 1.165) is 5.56 Å². The minimum absolute atomic E-state index is 0.0149. The second kappa shape index (κ2) is 9.36. The van der Waals surface area contributed by atoms with E-state index in [0.29, 0.717) is 6.42 Å². The minimum Gasteiger partial charge on any atom is -0.392 e. The average Bonchev–Trinajstić information content (AvgIpc) is 2.46. The molecule has 0 saturated carbocycles. The first-order chi connectivity index (χ1) is 9.63. The van der Waals surface area contributed by atoms with Crippen LogP contribution in [-0.4, -0.2) is 17.2 Å². The number of rotatable bonds is 7. The fourth-order valence-corrected chi connectivity index (χ4v) is 1.64. The predicted octanol–water partition coefficient (Wildman–Crippen LogP) is 2.54. The third kappa shape index (κ3) is 6.56. The molecule has 0 aliphatic carbocycles. The summed E-state index contributed by atoms with van der Waals surface area (Å²) < 4.78 is 0. The maximum absolute atomic E-state index is 11.0. The van der Waals surface area contributed by atoms with Gasteiger partial charge in [0.05, 0.1) is 6.10 Å². The van der Waals surface area contributed by atoms with Crippen LogP contribution in [0.4, 0.5) is 0 Å². The van der Waals surface area contributed by atoms with Gasteiger partial charge in [-0.05, 0) is 12.0 Å². The van der Waals surface area contributed by atoms with Gasteiger partial charge in [0, 0.05) is 12.0 Å². The maximum atomic E-state index is 11.0. The third-order valence-electron chi connectivity index (χ3n) is 2.78. The summed E-state index contributed by atoms with van der Waals surface area (Å²) in [5.74, 6) is -0.571. The van der Waals surface area contributed by atoms with Gasteiger partial charge in [-0.3, -0.25) is 0 Å². The van der Waals surface area contributed by atoms with E-state index >= 15 is 0 Å². The number of carbonyl (C=O) groups excluding carboxylic acids is 1. The summed E-state index contributed by atoms with van der Waals surface area (Å²) in [5.41, 5.74) is 1.09. The van der Waals surface area contributed by atoms with Crippen molar-refractivity contribution < 1.29 is 14.7 Å². The lowest BCUT2D eigenvalue weighted by Crippen LogP contribution is -2.14.